The molecule has 2 aliphatic rings. The van der Waals surface area contributed by atoms with E-state index in [0.29, 0.717) is 12.5 Å². The van der Waals surface area contributed by atoms with E-state index in [0.717, 1.165) is 16.9 Å². The molecule has 3 unspecified atom stereocenters. The van der Waals surface area contributed by atoms with Crippen LogP contribution in [0.2, 0.25) is 0 Å². The van der Waals surface area contributed by atoms with Crippen LogP contribution in [0.1, 0.15) is 45.4 Å². The monoisotopic (exact) mass is 243 g/mol. The van der Waals surface area contributed by atoms with Crippen LogP contribution in [0.3, 0.4) is 0 Å². The van der Waals surface area contributed by atoms with Gasteiger partial charge in [0, 0.05) is 17.5 Å². The van der Waals surface area contributed by atoms with Crippen molar-refractivity contribution in [2.75, 3.05) is 12.3 Å². The Hall–Kier alpha value is 0.270. The number of thioether (sulfide) groups is 1. The van der Waals surface area contributed by atoms with Gasteiger partial charge in [0.05, 0.1) is 5.60 Å². The van der Waals surface area contributed by atoms with Gasteiger partial charge in [-0.1, -0.05) is 19.8 Å². The molecule has 0 spiro atoms. The van der Waals surface area contributed by atoms with Crippen LogP contribution in [0.15, 0.2) is 0 Å². The van der Waals surface area contributed by atoms with Crippen molar-refractivity contribution in [1.82, 2.24) is 0 Å². The summed E-state index contributed by atoms with van der Waals surface area (Å²) in [7, 11) is 0. The van der Waals surface area contributed by atoms with E-state index >= 15 is 0 Å². The fraction of sp³-hybridized carbons (Fsp3) is 1.00. The molecule has 2 nitrogen and oxygen atoms in total. The topological polar surface area (TPSA) is 46.2 Å². The molecule has 0 radical (unpaired) electrons. The van der Waals surface area contributed by atoms with Crippen molar-refractivity contribution in [3.05, 3.63) is 0 Å². The van der Waals surface area contributed by atoms with Crippen molar-refractivity contribution in [3.63, 3.8) is 0 Å². The van der Waals surface area contributed by atoms with Gasteiger partial charge in [0.2, 0.25) is 0 Å². The second-order valence-electron chi connectivity index (χ2n) is 5.79. The van der Waals surface area contributed by atoms with Crippen LogP contribution in [0, 0.1) is 11.8 Å². The Morgan fingerprint density at radius 1 is 1.31 bits per heavy atom. The lowest BCUT2D eigenvalue weighted by molar-refractivity contribution is 0.0508. The SMILES string of the molecule is CC1CCCC(SCC(O)(CN)C2CC2)C1. The zero-order chi connectivity index (χ0) is 11.6. The maximum atomic E-state index is 10.4. The van der Waals surface area contributed by atoms with E-state index in [9.17, 15) is 5.11 Å². The summed E-state index contributed by atoms with van der Waals surface area (Å²) in [4.78, 5) is 0. The third-order valence-electron chi connectivity index (χ3n) is 4.15. The average molecular weight is 243 g/mol. The Balaban J connectivity index is 1.76. The summed E-state index contributed by atoms with van der Waals surface area (Å²) in [6.45, 7) is 2.79. The minimum atomic E-state index is -0.564. The Morgan fingerprint density at radius 2 is 2.06 bits per heavy atom. The van der Waals surface area contributed by atoms with Crippen LogP contribution in [-0.4, -0.2) is 28.3 Å². The zero-order valence-electron chi connectivity index (χ0n) is 10.3. The molecule has 0 amide bonds. The van der Waals surface area contributed by atoms with Crippen molar-refractivity contribution in [2.45, 2.75) is 56.3 Å². The van der Waals surface area contributed by atoms with Gasteiger partial charge in [0.1, 0.15) is 0 Å². The fourth-order valence-corrected chi connectivity index (χ4v) is 4.43. The summed E-state index contributed by atoms with van der Waals surface area (Å²) in [5.74, 6) is 2.22. The predicted molar refractivity (Wildman–Crippen MR) is 70.6 cm³/mol. The molecule has 0 bridgehead atoms. The molecule has 2 saturated carbocycles. The molecule has 0 aromatic carbocycles. The lowest BCUT2D eigenvalue weighted by Gasteiger charge is -2.31. The van der Waals surface area contributed by atoms with Gasteiger partial charge in [-0.25, -0.2) is 0 Å². The van der Waals surface area contributed by atoms with Crippen LogP contribution in [0.5, 0.6) is 0 Å². The first-order valence-electron chi connectivity index (χ1n) is 6.68. The average Bonchev–Trinajstić information content (AvgIpc) is 3.10. The van der Waals surface area contributed by atoms with Gasteiger partial charge in [-0.15, -0.1) is 0 Å². The number of rotatable bonds is 5. The van der Waals surface area contributed by atoms with Gasteiger partial charge in [-0.3, -0.25) is 0 Å². The summed E-state index contributed by atoms with van der Waals surface area (Å²) >= 11 is 1.97. The molecule has 16 heavy (non-hydrogen) atoms. The molecule has 2 aliphatic carbocycles. The normalized spacial score (nSPS) is 34.7. The molecule has 2 rings (SSSR count). The molecule has 0 aromatic rings. The van der Waals surface area contributed by atoms with Crippen LogP contribution in [-0.2, 0) is 0 Å². The van der Waals surface area contributed by atoms with Crippen molar-refractivity contribution >= 4 is 11.8 Å². The van der Waals surface area contributed by atoms with Crippen molar-refractivity contribution in [1.29, 1.82) is 0 Å². The molecule has 0 aliphatic heterocycles. The summed E-state index contributed by atoms with van der Waals surface area (Å²) in [6.07, 6.45) is 7.77. The summed E-state index contributed by atoms with van der Waals surface area (Å²) in [6, 6.07) is 0. The second-order valence-corrected chi connectivity index (χ2v) is 7.08. The molecule has 0 saturated heterocycles. The van der Waals surface area contributed by atoms with Gasteiger partial charge in [-0.05, 0) is 37.5 Å². The van der Waals surface area contributed by atoms with E-state index in [4.69, 9.17) is 5.73 Å². The lowest BCUT2D eigenvalue weighted by Crippen LogP contribution is -2.43. The Morgan fingerprint density at radius 3 is 2.62 bits per heavy atom. The highest BCUT2D eigenvalue weighted by Gasteiger charge is 2.43. The Kier molecular flexibility index (Phi) is 4.20. The van der Waals surface area contributed by atoms with Crippen molar-refractivity contribution in [3.8, 4) is 0 Å². The van der Waals surface area contributed by atoms with Gasteiger partial charge >= 0.3 is 0 Å². The van der Waals surface area contributed by atoms with E-state index < -0.39 is 5.60 Å². The summed E-state index contributed by atoms with van der Waals surface area (Å²) in [5, 5.41) is 11.2. The smallest absolute Gasteiger partial charge is 0.0887 e. The van der Waals surface area contributed by atoms with Gasteiger partial charge < -0.3 is 10.8 Å². The molecular weight excluding hydrogens is 218 g/mol. The minimum Gasteiger partial charge on any atom is -0.387 e. The molecule has 3 atom stereocenters. The quantitative estimate of drug-likeness (QED) is 0.779. The Bertz CT molecular complexity index is 232. The highest BCUT2D eigenvalue weighted by Crippen LogP contribution is 2.42. The molecule has 0 heterocycles. The molecule has 94 valence electrons. The first-order chi connectivity index (χ1) is 7.64. The van der Waals surface area contributed by atoms with E-state index in [-0.39, 0.29) is 0 Å². The van der Waals surface area contributed by atoms with Crippen LogP contribution in [0.4, 0.5) is 0 Å². The maximum absolute atomic E-state index is 10.4. The highest BCUT2D eigenvalue weighted by atomic mass is 32.2. The predicted octanol–water partition coefficient (Wildman–Crippen LogP) is 2.40. The van der Waals surface area contributed by atoms with E-state index in [1.807, 2.05) is 11.8 Å². The van der Waals surface area contributed by atoms with E-state index in [1.54, 1.807) is 0 Å². The van der Waals surface area contributed by atoms with Crippen LogP contribution < -0.4 is 5.73 Å². The molecule has 2 fully saturated rings. The van der Waals surface area contributed by atoms with Crippen LogP contribution in [0.25, 0.3) is 0 Å². The van der Waals surface area contributed by atoms with Gasteiger partial charge in [0.15, 0.2) is 0 Å². The van der Waals surface area contributed by atoms with E-state index in [2.05, 4.69) is 6.92 Å². The first kappa shape index (κ1) is 12.7. The molecule has 0 aromatic heterocycles. The number of aliphatic hydroxyl groups is 1. The fourth-order valence-electron chi connectivity index (χ4n) is 2.76. The van der Waals surface area contributed by atoms with Crippen molar-refractivity contribution < 1.29 is 5.11 Å². The third-order valence-corrected chi connectivity index (χ3v) is 5.71. The lowest BCUT2D eigenvalue weighted by atomic mass is 9.90. The number of hydrogen-bond acceptors (Lipinski definition) is 3. The molecule has 3 heteroatoms. The highest BCUT2D eigenvalue weighted by molar-refractivity contribution is 7.99. The summed E-state index contributed by atoms with van der Waals surface area (Å²) < 4.78 is 0. The number of nitrogens with two attached hydrogens (primary N) is 1. The third kappa shape index (κ3) is 3.14. The van der Waals surface area contributed by atoms with Crippen molar-refractivity contribution in [2.24, 2.45) is 17.6 Å². The van der Waals surface area contributed by atoms with Crippen LogP contribution >= 0.6 is 11.8 Å². The molecule has 3 N–H and O–H groups in total. The van der Waals surface area contributed by atoms with Gasteiger partial charge in [0.25, 0.3) is 0 Å². The second kappa shape index (κ2) is 5.28. The minimum absolute atomic E-state index is 0.437. The Labute approximate surface area is 103 Å². The standard InChI is InChI=1S/C13H25NOS/c1-10-3-2-4-12(7-10)16-9-13(15,8-14)11-5-6-11/h10-12,15H,2-9,14H2,1H3. The largest absolute Gasteiger partial charge is 0.387 e. The molecular formula is C13H25NOS. The van der Waals surface area contributed by atoms with Gasteiger partial charge in [-0.2, -0.15) is 11.8 Å². The number of hydrogen-bond donors (Lipinski definition) is 2. The first-order valence-corrected chi connectivity index (χ1v) is 7.73. The zero-order valence-corrected chi connectivity index (χ0v) is 11.1. The maximum Gasteiger partial charge on any atom is 0.0887 e. The van der Waals surface area contributed by atoms with E-state index in [1.165, 1.54) is 38.5 Å². The summed E-state index contributed by atoms with van der Waals surface area (Å²) in [5.41, 5.74) is 5.16.